The number of hydrogen-bond donors (Lipinski definition) is 3. The molecule has 5 nitrogen and oxygen atoms in total. The zero-order chi connectivity index (χ0) is 13.7. The SMILES string of the molecule is CN(CC(=O)NC1CCCCC1)CC1(O)CCNC1. The third-order valence-electron chi connectivity index (χ3n) is 4.17. The lowest BCUT2D eigenvalue weighted by atomic mass is 9.95. The number of carbonyl (C=O) groups excluding carboxylic acids is 1. The standard InChI is InChI=1S/C14H27N3O2/c1-17(11-14(19)7-8-15-10-14)9-13(18)16-12-5-3-2-4-6-12/h12,15,19H,2-11H2,1H3,(H,16,18). The van der Waals surface area contributed by atoms with Gasteiger partial charge in [-0.15, -0.1) is 0 Å². The first kappa shape index (κ1) is 14.8. The predicted octanol–water partition coefficient (Wildman–Crippen LogP) is 0.0915. The Bertz CT molecular complexity index is 297. The first-order valence-electron chi connectivity index (χ1n) is 7.48. The van der Waals surface area contributed by atoms with E-state index in [1.54, 1.807) is 0 Å². The van der Waals surface area contributed by atoms with Crippen LogP contribution in [0.3, 0.4) is 0 Å². The number of nitrogens with zero attached hydrogens (tertiary/aromatic N) is 1. The van der Waals surface area contributed by atoms with Crippen LogP contribution in [-0.4, -0.2) is 60.8 Å². The number of amides is 1. The molecular weight excluding hydrogens is 242 g/mol. The van der Waals surface area contributed by atoms with Crippen molar-refractivity contribution >= 4 is 5.91 Å². The number of nitrogens with one attached hydrogen (secondary N) is 2. The molecule has 0 aromatic heterocycles. The van der Waals surface area contributed by atoms with Crippen LogP contribution in [0.15, 0.2) is 0 Å². The van der Waals surface area contributed by atoms with E-state index in [-0.39, 0.29) is 5.91 Å². The highest BCUT2D eigenvalue weighted by molar-refractivity contribution is 5.78. The molecule has 3 N–H and O–H groups in total. The number of hydrogen-bond acceptors (Lipinski definition) is 4. The number of carbonyl (C=O) groups is 1. The van der Waals surface area contributed by atoms with Crippen LogP contribution in [0, 0.1) is 0 Å². The maximum Gasteiger partial charge on any atom is 0.234 e. The minimum Gasteiger partial charge on any atom is -0.387 e. The van der Waals surface area contributed by atoms with Crippen molar-refractivity contribution in [3.63, 3.8) is 0 Å². The van der Waals surface area contributed by atoms with Gasteiger partial charge in [0.1, 0.15) is 0 Å². The fraction of sp³-hybridized carbons (Fsp3) is 0.929. The molecule has 0 bridgehead atoms. The molecule has 0 aromatic rings. The molecule has 2 aliphatic rings. The molecule has 0 aromatic carbocycles. The van der Waals surface area contributed by atoms with Gasteiger partial charge in [-0.25, -0.2) is 0 Å². The summed E-state index contributed by atoms with van der Waals surface area (Å²) < 4.78 is 0. The molecule has 1 heterocycles. The molecule has 0 radical (unpaired) electrons. The molecule has 110 valence electrons. The zero-order valence-electron chi connectivity index (χ0n) is 12.0. The summed E-state index contributed by atoms with van der Waals surface area (Å²) in [4.78, 5) is 13.9. The van der Waals surface area contributed by atoms with E-state index in [1.165, 1.54) is 19.3 Å². The minimum absolute atomic E-state index is 0.0870. The number of β-amino-alcohol motifs (C(OH)–C–C–N with tert-alkyl or cyclic N) is 1. The summed E-state index contributed by atoms with van der Waals surface area (Å²) in [7, 11) is 1.90. The molecule has 1 atom stereocenters. The van der Waals surface area contributed by atoms with E-state index >= 15 is 0 Å². The quantitative estimate of drug-likeness (QED) is 0.662. The van der Waals surface area contributed by atoms with Crippen molar-refractivity contribution in [1.29, 1.82) is 0 Å². The van der Waals surface area contributed by atoms with Gasteiger partial charge >= 0.3 is 0 Å². The summed E-state index contributed by atoms with van der Waals surface area (Å²) in [6.45, 7) is 2.41. The van der Waals surface area contributed by atoms with Gasteiger partial charge in [0.15, 0.2) is 0 Å². The molecule has 1 aliphatic carbocycles. The van der Waals surface area contributed by atoms with Crippen LogP contribution in [0.4, 0.5) is 0 Å². The minimum atomic E-state index is -0.667. The van der Waals surface area contributed by atoms with Crippen LogP contribution in [0.25, 0.3) is 0 Å². The lowest BCUT2D eigenvalue weighted by Crippen LogP contribution is -2.47. The Morgan fingerprint density at radius 3 is 2.79 bits per heavy atom. The average molecular weight is 269 g/mol. The van der Waals surface area contributed by atoms with Gasteiger partial charge in [0, 0.05) is 19.1 Å². The van der Waals surface area contributed by atoms with Crippen LogP contribution in [-0.2, 0) is 4.79 Å². The molecule has 1 aliphatic heterocycles. The van der Waals surface area contributed by atoms with Gasteiger partial charge in [0.05, 0.1) is 12.1 Å². The van der Waals surface area contributed by atoms with Crippen molar-refractivity contribution in [3.05, 3.63) is 0 Å². The van der Waals surface area contributed by atoms with Gasteiger partial charge in [0.2, 0.25) is 5.91 Å². The summed E-state index contributed by atoms with van der Waals surface area (Å²) in [5.41, 5.74) is -0.667. The third-order valence-corrected chi connectivity index (χ3v) is 4.17. The highest BCUT2D eigenvalue weighted by Crippen LogP contribution is 2.17. The van der Waals surface area contributed by atoms with Crippen LogP contribution in [0.5, 0.6) is 0 Å². The summed E-state index contributed by atoms with van der Waals surface area (Å²) >= 11 is 0. The molecular formula is C14H27N3O2. The van der Waals surface area contributed by atoms with E-state index < -0.39 is 5.60 Å². The maximum atomic E-state index is 11.9. The van der Waals surface area contributed by atoms with Crippen LogP contribution < -0.4 is 10.6 Å². The average Bonchev–Trinajstić information content (AvgIpc) is 2.76. The second-order valence-corrected chi connectivity index (χ2v) is 6.23. The molecule has 0 spiro atoms. The molecule has 19 heavy (non-hydrogen) atoms. The maximum absolute atomic E-state index is 11.9. The molecule has 2 fully saturated rings. The Kier molecular flexibility index (Phi) is 5.19. The second kappa shape index (κ2) is 6.68. The Balaban J connectivity index is 1.69. The number of likely N-dealkylation sites (N-methyl/N-ethyl adjacent to an activating group) is 1. The Labute approximate surface area is 115 Å². The largest absolute Gasteiger partial charge is 0.387 e. The van der Waals surface area contributed by atoms with Crippen molar-refractivity contribution in [2.24, 2.45) is 0 Å². The monoisotopic (exact) mass is 269 g/mol. The Morgan fingerprint density at radius 2 is 2.16 bits per heavy atom. The Morgan fingerprint density at radius 1 is 1.42 bits per heavy atom. The molecule has 1 saturated heterocycles. The lowest BCUT2D eigenvalue weighted by Gasteiger charge is -2.28. The fourth-order valence-electron chi connectivity index (χ4n) is 3.19. The highest BCUT2D eigenvalue weighted by atomic mass is 16.3. The Hall–Kier alpha value is -0.650. The van der Waals surface area contributed by atoms with Crippen LogP contribution in [0.1, 0.15) is 38.5 Å². The summed E-state index contributed by atoms with van der Waals surface area (Å²) in [6.07, 6.45) is 6.75. The van der Waals surface area contributed by atoms with Crippen molar-refractivity contribution in [2.45, 2.75) is 50.2 Å². The van der Waals surface area contributed by atoms with Gasteiger partial charge in [-0.05, 0) is 32.9 Å². The van der Waals surface area contributed by atoms with Gasteiger partial charge in [-0.1, -0.05) is 19.3 Å². The van der Waals surface area contributed by atoms with E-state index in [9.17, 15) is 9.90 Å². The van der Waals surface area contributed by atoms with E-state index in [0.29, 0.717) is 25.7 Å². The fourth-order valence-corrected chi connectivity index (χ4v) is 3.19. The highest BCUT2D eigenvalue weighted by Gasteiger charge is 2.32. The summed E-state index contributed by atoms with van der Waals surface area (Å²) in [5.74, 6) is 0.0870. The summed E-state index contributed by atoms with van der Waals surface area (Å²) in [6, 6.07) is 0.367. The molecule has 2 rings (SSSR count). The second-order valence-electron chi connectivity index (χ2n) is 6.23. The van der Waals surface area contributed by atoms with Gasteiger partial charge in [-0.3, -0.25) is 9.69 Å². The van der Waals surface area contributed by atoms with E-state index in [4.69, 9.17) is 0 Å². The molecule has 1 amide bonds. The molecule has 5 heteroatoms. The van der Waals surface area contributed by atoms with Crippen LogP contribution >= 0.6 is 0 Å². The van der Waals surface area contributed by atoms with Gasteiger partial charge in [-0.2, -0.15) is 0 Å². The number of rotatable bonds is 5. The smallest absolute Gasteiger partial charge is 0.234 e. The first-order chi connectivity index (χ1) is 9.07. The van der Waals surface area contributed by atoms with Gasteiger partial charge < -0.3 is 15.7 Å². The molecule has 1 unspecified atom stereocenters. The van der Waals surface area contributed by atoms with Crippen LogP contribution in [0.2, 0.25) is 0 Å². The van der Waals surface area contributed by atoms with Crippen molar-refractivity contribution < 1.29 is 9.90 Å². The third kappa shape index (κ3) is 4.75. The topological polar surface area (TPSA) is 64.6 Å². The van der Waals surface area contributed by atoms with E-state index in [0.717, 1.165) is 25.8 Å². The van der Waals surface area contributed by atoms with Crippen molar-refractivity contribution in [2.75, 3.05) is 33.2 Å². The molecule has 1 saturated carbocycles. The predicted molar refractivity (Wildman–Crippen MR) is 74.9 cm³/mol. The zero-order valence-corrected chi connectivity index (χ0v) is 12.0. The number of aliphatic hydroxyl groups is 1. The lowest BCUT2D eigenvalue weighted by molar-refractivity contribution is -0.123. The van der Waals surface area contributed by atoms with E-state index in [1.807, 2.05) is 11.9 Å². The normalized spacial score (nSPS) is 28.8. The van der Waals surface area contributed by atoms with E-state index in [2.05, 4.69) is 10.6 Å². The van der Waals surface area contributed by atoms with Gasteiger partial charge in [0.25, 0.3) is 0 Å². The first-order valence-corrected chi connectivity index (χ1v) is 7.48. The summed E-state index contributed by atoms with van der Waals surface area (Å²) in [5, 5.41) is 16.5. The van der Waals surface area contributed by atoms with Crippen molar-refractivity contribution in [3.8, 4) is 0 Å². The van der Waals surface area contributed by atoms with Crippen molar-refractivity contribution in [1.82, 2.24) is 15.5 Å².